The molecule has 4 nitrogen and oxygen atoms in total. The van der Waals surface area contributed by atoms with Crippen molar-refractivity contribution in [3.05, 3.63) is 69.3 Å². The fourth-order valence-electron chi connectivity index (χ4n) is 1.69. The summed E-state index contributed by atoms with van der Waals surface area (Å²) in [5, 5.41) is 12.8. The summed E-state index contributed by atoms with van der Waals surface area (Å²) in [6.45, 7) is -0.158. The molecule has 0 atom stereocenters. The standard InChI is InChI=1S/C13H8F4N2O2/c14-8-4-10(16)13(17)11(5-8)18-6-7-1-2-12(19(20)21)9(15)3-7/h1-5,18H,6H2. The minimum absolute atomic E-state index is 0.158. The third-order valence-electron chi connectivity index (χ3n) is 2.68. The van der Waals surface area contributed by atoms with E-state index in [1.165, 1.54) is 6.07 Å². The van der Waals surface area contributed by atoms with E-state index in [1.807, 2.05) is 0 Å². The van der Waals surface area contributed by atoms with Gasteiger partial charge < -0.3 is 5.32 Å². The van der Waals surface area contributed by atoms with Crippen LogP contribution >= 0.6 is 0 Å². The van der Waals surface area contributed by atoms with E-state index in [-0.39, 0.29) is 12.1 Å². The van der Waals surface area contributed by atoms with Gasteiger partial charge in [-0.1, -0.05) is 6.07 Å². The van der Waals surface area contributed by atoms with Gasteiger partial charge in [-0.05, 0) is 11.6 Å². The minimum atomic E-state index is -1.35. The summed E-state index contributed by atoms with van der Waals surface area (Å²) in [5.41, 5.74) is -0.866. The first kappa shape index (κ1) is 14.8. The number of hydrogen-bond donors (Lipinski definition) is 1. The molecule has 0 unspecified atom stereocenters. The number of nitrogens with zero attached hydrogens (tertiary/aromatic N) is 1. The molecule has 2 aromatic rings. The maximum Gasteiger partial charge on any atom is 0.304 e. The fraction of sp³-hybridized carbons (Fsp3) is 0.0769. The molecule has 2 aromatic carbocycles. The molecule has 0 heterocycles. The number of nitro benzene ring substituents is 1. The monoisotopic (exact) mass is 300 g/mol. The Morgan fingerprint density at radius 1 is 1.05 bits per heavy atom. The number of anilines is 1. The molecule has 21 heavy (non-hydrogen) atoms. The zero-order chi connectivity index (χ0) is 15.6. The lowest BCUT2D eigenvalue weighted by Gasteiger charge is -2.08. The van der Waals surface area contributed by atoms with Crippen LogP contribution in [0.5, 0.6) is 0 Å². The molecule has 2 rings (SSSR count). The Morgan fingerprint density at radius 2 is 1.76 bits per heavy atom. The second-order valence-corrected chi connectivity index (χ2v) is 4.15. The summed E-state index contributed by atoms with van der Waals surface area (Å²) in [6.07, 6.45) is 0. The van der Waals surface area contributed by atoms with Gasteiger partial charge in [0.15, 0.2) is 11.6 Å². The summed E-state index contributed by atoms with van der Waals surface area (Å²) in [7, 11) is 0. The lowest BCUT2D eigenvalue weighted by atomic mass is 10.2. The van der Waals surface area contributed by atoms with Crippen molar-refractivity contribution in [3.8, 4) is 0 Å². The van der Waals surface area contributed by atoms with Crippen molar-refractivity contribution in [1.29, 1.82) is 0 Å². The van der Waals surface area contributed by atoms with Gasteiger partial charge in [0.25, 0.3) is 0 Å². The van der Waals surface area contributed by atoms with Crippen molar-refractivity contribution in [3.63, 3.8) is 0 Å². The van der Waals surface area contributed by atoms with Gasteiger partial charge >= 0.3 is 5.69 Å². The van der Waals surface area contributed by atoms with Crippen LogP contribution in [0.1, 0.15) is 5.56 Å². The average Bonchev–Trinajstić information content (AvgIpc) is 2.40. The molecular formula is C13H8F4N2O2. The van der Waals surface area contributed by atoms with E-state index >= 15 is 0 Å². The first-order valence-electron chi connectivity index (χ1n) is 5.69. The molecule has 1 N–H and O–H groups in total. The SMILES string of the molecule is O=[N+]([O-])c1ccc(CNc2cc(F)cc(F)c2F)cc1F. The molecule has 0 aromatic heterocycles. The minimum Gasteiger partial charge on any atom is -0.378 e. The van der Waals surface area contributed by atoms with Crippen molar-refractivity contribution in [2.75, 3.05) is 5.32 Å². The summed E-state index contributed by atoms with van der Waals surface area (Å²) >= 11 is 0. The topological polar surface area (TPSA) is 55.2 Å². The number of benzene rings is 2. The van der Waals surface area contributed by atoms with Gasteiger partial charge in [-0.25, -0.2) is 13.2 Å². The highest BCUT2D eigenvalue weighted by atomic mass is 19.2. The third kappa shape index (κ3) is 3.28. The Labute approximate surface area is 116 Å². The molecule has 0 saturated heterocycles. The van der Waals surface area contributed by atoms with Crippen LogP contribution in [-0.2, 0) is 6.54 Å². The summed E-state index contributed by atoms with van der Waals surface area (Å²) in [4.78, 5) is 9.57. The van der Waals surface area contributed by atoms with Crippen LogP contribution in [0.25, 0.3) is 0 Å². The van der Waals surface area contributed by atoms with Crippen molar-refractivity contribution < 1.29 is 22.5 Å². The quantitative estimate of drug-likeness (QED) is 0.405. The Hall–Kier alpha value is -2.64. The molecule has 0 bridgehead atoms. The van der Waals surface area contributed by atoms with Crippen molar-refractivity contribution in [2.24, 2.45) is 0 Å². The molecule has 0 saturated carbocycles. The number of rotatable bonds is 4. The van der Waals surface area contributed by atoms with E-state index < -0.39 is 39.6 Å². The van der Waals surface area contributed by atoms with E-state index in [0.29, 0.717) is 6.07 Å². The smallest absolute Gasteiger partial charge is 0.304 e. The van der Waals surface area contributed by atoms with Crippen LogP contribution < -0.4 is 5.32 Å². The molecule has 0 fully saturated rings. The predicted octanol–water partition coefficient (Wildman–Crippen LogP) is 3.76. The molecule has 110 valence electrons. The second-order valence-electron chi connectivity index (χ2n) is 4.15. The van der Waals surface area contributed by atoms with Crippen molar-refractivity contribution >= 4 is 11.4 Å². The summed E-state index contributed by atoms with van der Waals surface area (Å²) in [5.74, 6) is -4.64. The first-order chi connectivity index (χ1) is 9.88. The third-order valence-corrected chi connectivity index (χ3v) is 2.68. The predicted molar refractivity (Wildman–Crippen MR) is 66.7 cm³/mol. The van der Waals surface area contributed by atoms with E-state index in [1.54, 1.807) is 0 Å². The van der Waals surface area contributed by atoms with Gasteiger partial charge in [0, 0.05) is 24.7 Å². The highest BCUT2D eigenvalue weighted by molar-refractivity contribution is 5.46. The Morgan fingerprint density at radius 3 is 2.38 bits per heavy atom. The number of nitro groups is 1. The largest absolute Gasteiger partial charge is 0.378 e. The average molecular weight is 300 g/mol. The first-order valence-corrected chi connectivity index (χ1v) is 5.69. The lowest BCUT2D eigenvalue weighted by Crippen LogP contribution is -2.04. The van der Waals surface area contributed by atoms with Crippen molar-refractivity contribution in [2.45, 2.75) is 6.54 Å². The molecule has 0 amide bonds. The van der Waals surface area contributed by atoms with Gasteiger partial charge in [-0.3, -0.25) is 10.1 Å². The van der Waals surface area contributed by atoms with Gasteiger partial charge in [-0.15, -0.1) is 0 Å². The maximum atomic E-state index is 13.4. The Kier molecular flexibility index (Phi) is 4.06. The Bertz CT molecular complexity index is 707. The van der Waals surface area contributed by atoms with Crippen LogP contribution in [0.15, 0.2) is 30.3 Å². The van der Waals surface area contributed by atoms with E-state index in [9.17, 15) is 27.7 Å². The fourth-order valence-corrected chi connectivity index (χ4v) is 1.69. The maximum absolute atomic E-state index is 13.4. The molecule has 8 heteroatoms. The molecule has 0 aliphatic heterocycles. The van der Waals surface area contributed by atoms with Gasteiger partial charge in [-0.2, -0.15) is 4.39 Å². The van der Waals surface area contributed by atoms with Crippen LogP contribution in [0.2, 0.25) is 0 Å². The lowest BCUT2D eigenvalue weighted by molar-refractivity contribution is -0.387. The molecule has 0 spiro atoms. The number of hydrogen-bond acceptors (Lipinski definition) is 3. The van der Waals surface area contributed by atoms with Crippen molar-refractivity contribution in [1.82, 2.24) is 0 Å². The molecule has 0 radical (unpaired) electrons. The molecule has 0 aliphatic carbocycles. The van der Waals surface area contributed by atoms with Crippen LogP contribution in [0.3, 0.4) is 0 Å². The van der Waals surface area contributed by atoms with Crippen LogP contribution in [-0.4, -0.2) is 4.92 Å². The number of halogens is 4. The second kappa shape index (κ2) is 5.78. The molecule has 0 aliphatic rings. The highest BCUT2D eigenvalue weighted by Gasteiger charge is 2.14. The normalized spacial score (nSPS) is 10.5. The summed E-state index contributed by atoms with van der Waals surface area (Å²) < 4.78 is 52.7. The van der Waals surface area contributed by atoms with Crippen LogP contribution in [0, 0.1) is 33.4 Å². The van der Waals surface area contributed by atoms with E-state index in [4.69, 9.17) is 0 Å². The molecular weight excluding hydrogens is 292 g/mol. The van der Waals surface area contributed by atoms with Gasteiger partial charge in [0.2, 0.25) is 5.82 Å². The van der Waals surface area contributed by atoms with E-state index in [0.717, 1.165) is 18.2 Å². The number of nitrogens with one attached hydrogen (secondary N) is 1. The Balaban J connectivity index is 2.17. The highest BCUT2D eigenvalue weighted by Crippen LogP contribution is 2.22. The van der Waals surface area contributed by atoms with Gasteiger partial charge in [0.05, 0.1) is 10.6 Å². The van der Waals surface area contributed by atoms with Gasteiger partial charge in [0.1, 0.15) is 5.82 Å². The zero-order valence-electron chi connectivity index (χ0n) is 10.4. The van der Waals surface area contributed by atoms with E-state index in [2.05, 4.69) is 5.32 Å². The summed E-state index contributed by atoms with van der Waals surface area (Å²) in [6, 6.07) is 4.24. The zero-order valence-corrected chi connectivity index (χ0v) is 10.4. The van der Waals surface area contributed by atoms with Crippen LogP contribution in [0.4, 0.5) is 28.9 Å².